The maximum atomic E-state index is 12.8. The summed E-state index contributed by atoms with van der Waals surface area (Å²) in [6.07, 6.45) is 4.51. The number of halogens is 1. The van der Waals surface area contributed by atoms with Crippen molar-refractivity contribution in [2.75, 3.05) is 26.9 Å². The van der Waals surface area contributed by atoms with E-state index in [1.54, 1.807) is 26.3 Å². The monoisotopic (exact) mass is 459 g/mol. The van der Waals surface area contributed by atoms with Crippen molar-refractivity contribution in [1.29, 1.82) is 0 Å². The van der Waals surface area contributed by atoms with Gasteiger partial charge in [-0.05, 0) is 42.9 Å². The third-order valence-electron chi connectivity index (χ3n) is 6.69. The highest BCUT2D eigenvalue weighted by Crippen LogP contribution is 2.59. The van der Waals surface area contributed by atoms with Crippen LogP contribution >= 0.6 is 11.6 Å². The predicted octanol–water partition coefficient (Wildman–Crippen LogP) is 5.22. The van der Waals surface area contributed by atoms with Crippen LogP contribution in [0.25, 0.3) is 11.3 Å². The minimum atomic E-state index is -0.580. The molecule has 2 heterocycles. The van der Waals surface area contributed by atoms with Crippen LogP contribution in [0.4, 0.5) is 0 Å². The number of ether oxygens (including phenoxy) is 3. The second kappa shape index (κ2) is 8.91. The van der Waals surface area contributed by atoms with E-state index in [9.17, 15) is 9.59 Å². The lowest BCUT2D eigenvalue weighted by Crippen LogP contribution is -2.32. The molecule has 6 nitrogen and oxygen atoms in total. The first kappa shape index (κ1) is 22.9. The fourth-order valence-corrected chi connectivity index (χ4v) is 5.44. The Kier molecular flexibility index (Phi) is 6.37. The van der Waals surface area contributed by atoms with Crippen molar-refractivity contribution in [1.82, 2.24) is 4.57 Å². The number of aromatic nitrogens is 1. The molecule has 0 bridgehead atoms. The van der Waals surface area contributed by atoms with Crippen LogP contribution in [0.3, 0.4) is 0 Å². The van der Waals surface area contributed by atoms with Gasteiger partial charge in [-0.25, -0.2) is 4.79 Å². The third-order valence-corrected chi connectivity index (χ3v) is 6.98. The SMILES string of the molecule is CCOC(=O)c1cn2c(cc1=O)-c1cc(Cl)c(OCCCOC)cc1C1CCC(C)(C)[C@H]12. The average Bonchev–Trinajstić information content (AvgIpc) is 3.07. The highest BCUT2D eigenvalue weighted by molar-refractivity contribution is 6.32. The predicted molar refractivity (Wildman–Crippen MR) is 124 cm³/mol. The van der Waals surface area contributed by atoms with Gasteiger partial charge >= 0.3 is 5.97 Å². The van der Waals surface area contributed by atoms with Crippen molar-refractivity contribution in [2.45, 2.75) is 52.0 Å². The number of methoxy groups -OCH3 is 1. The molecular weight excluding hydrogens is 430 g/mol. The molecule has 2 aromatic rings. The summed E-state index contributed by atoms with van der Waals surface area (Å²) in [6, 6.07) is 5.59. The Labute approximate surface area is 193 Å². The van der Waals surface area contributed by atoms with E-state index >= 15 is 0 Å². The molecule has 1 aliphatic carbocycles. The van der Waals surface area contributed by atoms with E-state index in [2.05, 4.69) is 18.4 Å². The van der Waals surface area contributed by atoms with Crippen LogP contribution in [0.1, 0.15) is 67.9 Å². The van der Waals surface area contributed by atoms with E-state index in [0.29, 0.717) is 24.0 Å². The first-order chi connectivity index (χ1) is 15.3. The van der Waals surface area contributed by atoms with Crippen LogP contribution in [0.5, 0.6) is 5.75 Å². The normalized spacial score (nSPS) is 20.3. The van der Waals surface area contributed by atoms with E-state index in [1.807, 2.05) is 12.1 Å². The number of hydrogen-bond acceptors (Lipinski definition) is 5. The number of esters is 1. The lowest BCUT2D eigenvalue weighted by atomic mass is 9.77. The summed E-state index contributed by atoms with van der Waals surface area (Å²) < 4.78 is 18.3. The highest BCUT2D eigenvalue weighted by Gasteiger charge is 2.47. The van der Waals surface area contributed by atoms with Crippen LogP contribution in [0.15, 0.2) is 29.2 Å². The van der Waals surface area contributed by atoms with Crippen molar-refractivity contribution in [3.63, 3.8) is 0 Å². The van der Waals surface area contributed by atoms with Gasteiger partial charge in [0.2, 0.25) is 0 Å². The zero-order chi connectivity index (χ0) is 23.0. The van der Waals surface area contributed by atoms with Crippen LogP contribution in [-0.4, -0.2) is 37.5 Å². The zero-order valence-electron chi connectivity index (χ0n) is 19.1. The topological polar surface area (TPSA) is 66.8 Å². The summed E-state index contributed by atoms with van der Waals surface area (Å²) in [5, 5.41) is 0.505. The molecule has 1 saturated carbocycles. The highest BCUT2D eigenvalue weighted by atomic mass is 35.5. The smallest absolute Gasteiger partial charge is 0.343 e. The summed E-state index contributed by atoms with van der Waals surface area (Å²) >= 11 is 6.58. The molecule has 1 aromatic carbocycles. The fourth-order valence-electron chi connectivity index (χ4n) is 5.23. The molecule has 0 radical (unpaired) electrons. The van der Waals surface area contributed by atoms with Crippen molar-refractivity contribution in [3.8, 4) is 17.0 Å². The zero-order valence-corrected chi connectivity index (χ0v) is 19.8. The number of benzene rings is 1. The molecule has 1 aliphatic heterocycles. The minimum Gasteiger partial charge on any atom is -0.492 e. The second-order valence-electron chi connectivity index (χ2n) is 9.21. The van der Waals surface area contributed by atoms with Crippen molar-refractivity contribution >= 4 is 17.6 Å². The van der Waals surface area contributed by atoms with E-state index < -0.39 is 5.97 Å². The molecule has 0 N–H and O–H groups in total. The number of nitrogens with zero attached hydrogens (tertiary/aromatic N) is 1. The summed E-state index contributed by atoms with van der Waals surface area (Å²) in [6.45, 7) is 7.59. The number of rotatable bonds is 7. The van der Waals surface area contributed by atoms with Gasteiger partial charge in [0.25, 0.3) is 0 Å². The van der Waals surface area contributed by atoms with Gasteiger partial charge < -0.3 is 18.8 Å². The first-order valence-electron chi connectivity index (χ1n) is 11.2. The summed E-state index contributed by atoms with van der Waals surface area (Å²) in [7, 11) is 1.67. The standard InChI is InChI=1S/C25H30ClNO5/c1-5-31-24(29)18-14-27-20(13-21(18)28)17-11-19(26)22(32-10-6-9-30-4)12-16(17)15-7-8-25(2,3)23(15)27/h11-15,23H,5-10H2,1-4H3/t15?,23-/m0/s1. The molecule has 2 atom stereocenters. The van der Waals surface area contributed by atoms with E-state index in [0.717, 1.165) is 36.1 Å². The van der Waals surface area contributed by atoms with E-state index in [1.165, 1.54) is 0 Å². The molecule has 1 unspecified atom stereocenters. The summed E-state index contributed by atoms with van der Waals surface area (Å²) in [5.74, 6) is 0.316. The number of carbonyl (C=O) groups is 1. The Bertz CT molecular complexity index is 1090. The van der Waals surface area contributed by atoms with Gasteiger partial charge in [-0.15, -0.1) is 0 Å². The Morgan fingerprint density at radius 2 is 2.03 bits per heavy atom. The second-order valence-corrected chi connectivity index (χ2v) is 9.61. The maximum Gasteiger partial charge on any atom is 0.343 e. The van der Waals surface area contributed by atoms with Gasteiger partial charge in [0.05, 0.1) is 23.9 Å². The first-order valence-corrected chi connectivity index (χ1v) is 11.5. The van der Waals surface area contributed by atoms with Gasteiger partial charge in [0.15, 0.2) is 5.43 Å². The van der Waals surface area contributed by atoms with Gasteiger partial charge in [-0.1, -0.05) is 25.4 Å². The largest absolute Gasteiger partial charge is 0.492 e. The Hall–Kier alpha value is -2.31. The Balaban J connectivity index is 1.84. The lowest BCUT2D eigenvalue weighted by Gasteiger charge is -2.40. The molecule has 32 heavy (non-hydrogen) atoms. The molecule has 0 saturated heterocycles. The third kappa shape index (κ3) is 3.95. The van der Waals surface area contributed by atoms with Gasteiger partial charge in [-0.2, -0.15) is 0 Å². The van der Waals surface area contributed by atoms with E-state index in [-0.39, 0.29) is 35.0 Å². The van der Waals surface area contributed by atoms with Crippen LogP contribution in [0.2, 0.25) is 5.02 Å². The van der Waals surface area contributed by atoms with Gasteiger partial charge in [0, 0.05) is 49.9 Å². The number of pyridine rings is 1. The molecule has 0 amide bonds. The summed E-state index contributed by atoms with van der Waals surface area (Å²) in [4.78, 5) is 25.3. The van der Waals surface area contributed by atoms with Gasteiger partial charge in [0.1, 0.15) is 11.3 Å². The molecule has 172 valence electrons. The van der Waals surface area contributed by atoms with Crippen LogP contribution < -0.4 is 10.2 Å². The molecule has 2 aliphatic rings. The minimum absolute atomic E-state index is 0.00275. The summed E-state index contributed by atoms with van der Waals surface area (Å²) in [5.41, 5.74) is 2.58. The number of fused-ring (bicyclic) bond motifs is 6. The Morgan fingerprint density at radius 3 is 2.75 bits per heavy atom. The fraction of sp³-hybridized carbons (Fsp3) is 0.520. The Morgan fingerprint density at radius 1 is 1.25 bits per heavy atom. The molecular formula is C25H30ClNO5. The van der Waals surface area contributed by atoms with E-state index in [4.69, 9.17) is 25.8 Å². The molecule has 1 aromatic heterocycles. The molecule has 7 heteroatoms. The van der Waals surface area contributed by atoms with Crippen LogP contribution in [0, 0.1) is 5.41 Å². The lowest BCUT2D eigenvalue weighted by molar-refractivity contribution is 0.0523. The number of hydrogen-bond donors (Lipinski definition) is 0. The van der Waals surface area contributed by atoms with Crippen molar-refractivity contribution < 1.29 is 19.0 Å². The quantitative estimate of drug-likeness (QED) is 0.419. The molecule has 0 spiro atoms. The average molecular weight is 460 g/mol. The van der Waals surface area contributed by atoms with Crippen LogP contribution in [-0.2, 0) is 9.47 Å². The molecule has 1 fully saturated rings. The van der Waals surface area contributed by atoms with Crippen molar-refractivity contribution in [3.05, 3.63) is 50.8 Å². The van der Waals surface area contributed by atoms with Crippen molar-refractivity contribution in [2.24, 2.45) is 5.41 Å². The van der Waals surface area contributed by atoms with Gasteiger partial charge in [-0.3, -0.25) is 4.79 Å². The number of carbonyl (C=O) groups excluding carboxylic acids is 1. The molecule has 4 rings (SSSR count). The maximum absolute atomic E-state index is 12.8.